The van der Waals surface area contributed by atoms with Crippen LogP contribution in [0.4, 0.5) is 5.69 Å². The number of hydrogen-bond acceptors (Lipinski definition) is 4. The summed E-state index contributed by atoms with van der Waals surface area (Å²) in [7, 11) is 0. The lowest BCUT2D eigenvalue weighted by Crippen LogP contribution is -2.22. The summed E-state index contributed by atoms with van der Waals surface area (Å²) in [5.74, 6) is 0.0280. The molecule has 0 aliphatic rings. The molecule has 0 N–H and O–H groups in total. The number of hydrogen-bond donors (Lipinski definition) is 0. The fraction of sp³-hybridized carbons (Fsp3) is 0.385. The Balaban J connectivity index is 3.05. The maximum absolute atomic E-state index is 11.8. The van der Waals surface area contributed by atoms with Gasteiger partial charge in [-0.3, -0.25) is 14.9 Å². The SMILES string of the molecule is CC(C)(C)C(=O)Cc1ccc([N+](=O)[O-])c(C#N)c1. The molecule has 5 nitrogen and oxygen atoms in total. The van der Waals surface area contributed by atoms with Crippen molar-refractivity contribution in [1.82, 2.24) is 0 Å². The molecule has 0 heterocycles. The van der Waals surface area contributed by atoms with E-state index in [-0.39, 0.29) is 23.5 Å². The van der Waals surface area contributed by atoms with Crippen molar-refractivity contribution >= 4 is 11.5 Å². The third-order valence-corrected chi connectivity index (χ3v) is 2.58. The predicted molar refractivity (Wildman–Crippen MR) is 66.0 cm³/mol. The lowest BCUT2D eigenvalue weighted by atomic mass is 9.87. The van der Waals surface area contributed by atoms with Crippen LogP contribution in [0, 0.1) is 26.9 Å². The Morgan fingerprint density at radius 1 is 1.44 bits per heavy atom. The van der Waals surface area contributed by atoms with Gasteiger partial charge in [-0.05, 0) is 11.6 Å². The Morgan fingerprint density at radius 3 is 2.50 bits per heavy atom. The minimum absolute atomic E-state index is 0.0146. The Labute approximate surface area is 105 Å². The fourth-order valence-corrected chi connectivity index (χ4v) is 1.39. The van der Waals surface area contributed by atoms with Gasteiger partial charge in [-0.2, -0.15) is 5.26 Å². The second kappa shape index (κ2) is 4.96. The highest BCUT2D eigenvalue weighted by molar-refractivity contribution is 5.85. The second-order valence-corrected chi connectivity index (χ2v) is 5.07. The first kappa shape index (κ1) is 13.8. The molecule has 5 heteroatoms. The molecular formula is C13H14N2O3. The molecule has 0 saturated carbocycles. The first-order valence-corrected chi connectivity index (χ1v) is 5.46. The number of nitrogens with zero attached hydrogens (tertiary/aromatic N) is 2. The van der Waals surface area contributed by atoms with Gasteiger partial charge in [0.2, 0.25) is 0 Å². The zero-order chi connectivity index (χ0) is 13.9. The van der Waals surface area contributed by atoms with E-state index in [0.717, 1.165) is 0 Å². The average Bonchev–Trinajstić information content (AvgIpc) is 2.27. The Kier molecular flexibility index (Phi) is 3.82. The monoisotopic (exact) mass is 246 g/mol. The molecule has 0 atom stereocenters. The van der Waals surface area contributed by atoms with Gasteiger partial charge in [0.1, 0.15) is 17.4 Å². The highest BCUT2D eigenvalue weighted by Crippen LogP contribution is 2.22. The van der Waals surface area contributed by atoms with Crippen LogP contribution in [0.2, 0.25) is 0 Å². The van der Waals surface area contributed by atoms with Gasteiger partial charge in [-0.1, -0.05) is 26.8 Å². The Bertz CT molecular complexity index is 536. The fourth-order valence-electron chi connectivity index (χ4n) is 1.39. The van der Waals surface area contributed by atoms with Crippen molar-refractivity contribution in [3.63, 3.8) is 0 Å². The molecule has 1 aromatic rings. The van der Waals surface area contributed by atoms with Gasteiger partial charge in [0.05, 0.1) is 4.92 Å². The molecule has 0 aliphatic heterocycles. The van der Waals surface area contributed by atoms with E-state index in [2.05, 4.69) is 0 Å². The normalized spacial score (nSPS) is 10.8. The minimum Gasteiger partial charge on any atom is -0.299 e. The third kappa shape index (κ3) is 3.14. The smallest absolute Gasteiger partial charge is 0.287 e. The number of carbonyl (C=O) groups is 1. The van der Waals surface area contributed by atoms with Gasteiger partial charge in [0.25, 0.3) is 5.69 Å². The van der Waals surface area contributed by atoms with Gasteiger partial charge in [0, 0.05) is 17.9 Å². The van der Waals surface area contributed by atoms with E-state index in [1.165, 1.54) is 18.2 Å². The quantitative estimate of drug-likeness (QED) is 0.606. The number of benzene rings is 1. The second-order valence-electron chi connectivity index (χ2n) is 5.07. The first-order valence-electron chi connectivity index (χ1n) is 5.46. The molecular weight excluding hydrogens is 232 g/mol. The first-order chi connectivity index (χ1) is 8.25. The summed E-state index contributed by atoms with van der Waals surface area (Å²) in [4.78, 5) is 21.9. The Hall–Kier alpha value is -2.22. The number of ketones is 1. The van der Waals surface area contributed by atoms with Crippen LogP contribution in [0.15, 0.2) is 18.2 Å². The zero-order valence-corrected chi connectivity index (χ0v) is 10.6. The molecule has 0 saturated heterocycles. The standard InChI is InChI=1S/C13H14N2O3/c1-13(2,3)12(16)7-9-4-5-11(15(17)18)10(6-9)8-14/h4-6H,7H2,1-3H3. The summed E-state index contributed by atoms with van der Waals surface area (Å²) >= 11 is 0. The van der Waals surface area contributed by atoms with Crippen molar-refractivity contribution in [2.24, 2.45) is 5.41 Å². The summed E-state index contributed by atoms with van der Waals surface area (Å²) in [6.07, 6.45) is 0.177. The minimum atomic E-state index is -0.603. The number of nitro benzene ring substituents is 1. The van der Waals surface area contributed by atoms with Gasteiger partial charge < -0.3 is 0 Å². The van der Waals surface area contributed by atoms with Crippen LogP contribution in [0.1, 0.15) is 31.9 Å². The molecule has 0 unspecified atom stereocenters. The lowest BCUT2D eigenvalue weighted by molar-refractivity contribution is -0.385. The van der Waals surface area contributed by atoms with Crippen LogP contribution >= 0.6 is 0 Å². The lowest BCUT2D eigenvalue weighted by Gasteiger charge is -2.16. The summed E-state index contributed by atoms with van der Waals surface area (Å²) in [5, 5.41) is 19.5. The van der Waals surface area contributed by atoms with Gasteiger partial charge in [-0.25, -0.2) is 0 Å². The van der Waals surface area contributed by atoms with Crippen molar-refractivity contribution in [3.8, 4) is 6.07 Å². The highest BCUT2D eigenvalue weighted by atomic mass is 16.6. The third-order valence-electron chi connectivity index (χ3n) is 2.58. The van der Waals surface area contributed by atoms with Crippen molar-refractivity contribution in [3.05, 3.63) is 39.4 Å². The number of nitriles is 1. The summed E-state index contributed by atoms with van der Waals surface area (Å²) in [6, 6.07) is 5.97. The zero-order valence-electron chi connectivity index (χ0n) is 10.6. The van der Waals surface area contributed by atoms with Gasteiger partial charge in [-0.15, -0.1) is 0 Å². The summed E-state index contributed by atoms with van der Waals surface area (Å²) in [6.45, 7) is 5.43. The molecule has 0 bridgehead atoms. The van der Waals surface area contributed by atoms with E-state index in [4.69, 9.17) is 5.26 Å². The number of carbonyl (C=O) groups excluding carboxylic acids is 1. The molecule has 0 spiro atoms. The number of nitro groups is 1. The van der Waals surface area contributed by atoms with Crippen molar-refractivity contribution < 1.29 is 9.72 Å². The molecule has 1 rings (SSSR count). The van der Waals surface area contributed by atoms with Crippen LogP contribution in [-0.4, -0.2) is 10.7 Å². The maximum atomic E-state index is 11.8. The summed E-state index contributed by atoms with van der Waals surface area (Å²) < 4.78 is 0. The summed E-state index contributed by atoms with van der Waals surface area (Å²) in [5.41, 5.74) is -0.0880. The van der Waals surface area contributed by atoms with E-state index >= 15 is 0 Å². The van der Waals surface area contributed by atoms with E-state index in [1.54, 1.807) is 6.07 Å². The van der Waals surface area contributed by atoms with Crippen LogP contribution in [-0.2, 0) is 11.2 Å². The maximum Gasteiger partial charge on any atom is 0.287 e. The average molecular weight is 246 g/mol. The van der Waals surface area contributed by atoms with Crippen LogP contribution in [0.3, 0.4) is 0 Å². The van der Waals surface area contributed by atoms with E-state index < -0.39 is 10.3 Å². The molecule has 0 amide bonds. The molecule has 94 valence electrons. The van der Waals surface area contributed by atoms with Gasteiger partial charge in [0.15, 0.2) is 0 Å². The molecule has 0 aromatic heterocycles. The van der Waals surface area contributed by atoms with Crippen LogP contribution in [0.5, 0.6) is 0 Å². The van der Waals surface area contributed by atoms with E-state index in [9.17, 15) is 14.9 Å². The van der Waals surface area contributed by atoms with E-state index in [0.29, 0.717) is 5.56 Å². The van der Waals surface area contributed by atoms with Crippen molar-refractivity contribution in [1.29, 1.82) is 5.26 Å². The molecule has 0 radical (unpaired) electrons. The van der Waals surface area contributed by atoms with Crippen LogP contribution < -0.4 is 0 Å². The highest BCUT2D eigenvalue weighted by Gasteiger charge is 2.22. The molecule has 18 heavy (non-hydrogen) atoms. The van der Waals surface area contributed by atoms with Gasteiger partial charge >= 0.3 is 0 Å². The van der Waals surface area contributed by atoms with Crippen LogP contribution in [0.25, 0.3) is 0 Å². The van der Waals surface area contributed by atoms with Crippen molar-refractivity contribution in [2.75, 3.05) is 0 Å². The Morgan fingerprint density at radius 2 is 2.06 bits per heavy atom. The largest absolute Gasteiger partial charge is 0.299 e. The van der Waals surface area contributed by atoms with Crippen molar-refractivity contribution in [2.45, 2.75) is 27.2 Å². The molecule has 1 aromatic carbocycles. The van der Waals surface area contributed by atoms with E-state index in [1.807, 2.05) is 20.8 Å². The molecule has 0 aliphatic carbocycles. The topological polar surface area (TPSA) is 84.0 Å². The number of rotatable bonds is 3. The number of Topliss-reactive ketones (excluding diaryl/α,β-unsaturated/α-hetero) is 1. The predicted octanol–water partition coefficient (Wildman–Crippen LogP) is 2.62. The molecule has 0 fully saturated rings.